The summed E-state index contributed by atoms with van der Waals surface area (Å²) in [7, 11) is -3.86. The summed E-state index contributed by atoms with van der Waals surface area (Å²) in [4.78, 5) is 12.5. The van der Waals surface area contributed by atoms with Gasteiger partial charge in [0.15, 0.2) is 5.76 Å². The summed E-state index contributed by atoms with van der Waals surface area (Å²) >= 11 is 3.43. The Bertz CT molecular complexity index is 1130. The lowest BCUT2D eigenvalue weighted by Crippen LogP contribution is -2.40. The van der Waals surface area contributed by atoms with Crippen LogP contribution in [0.3, 0.4) is 0 Å². The van der Waals surface area contributed by atoms with Gasteiger partial charge in [-0.2, -0.15) is 5.10 Å². The number of sulfonamides is 1. The van der Waals surface area contributed by atoms with E-state index in [9.17, 15) is 13.2 Å². The van der Waals surface area contributed by atoms with Crippen LogP contribution in [-0.2, 0) is 16.6 Å². The van der Waals surface area contributed by atoms with Crippen LogP contribution in [0.15, 0.2) is 62.6 Å². The largest absolute Gasteiger partial charge is 0.438 e. The van der Waals surface area contributed by atoms with Crippen molar-refractivity contribution in [3.8, 4) is 0 Å². The second kappa shape index (κ2) is 8.13. The Morgan fingerprint density at radius 2 is 1.97 bits per heavy atom. The molecule has 0 bridgehead atoms. The van der Waals surface area contributed by atoms with Crippen LogP contribution in [0.4, 0.5) is 5.82 Å². The highest BCUT2D eigenvalue weighted by molar-refractivity contribution is 9.10. The fraction of sp³-hybridized carbons (Fsp3) is 0.263. The molecule has 3 aromatic rings. The molecule has 1 aromatic carbocycles. The molecule has 0 saturated carbocycles. The molecule has 3 rings (SSSR count). The predicted octanol–water partition coefficient (Wildman–Crippen LogP) is 3.62. The Balaban J connectivity index is 1.74. The second-order valence-electron chi connectivity index (χ2n) is 7.43. The second-order valence-corrected chi connectivity index (χ2v) is 9.96. The van der Waals surface area contributed by atoms with Gasteiger partial charge in [-0.25, -0.2) is 17.8 Å². The van der Waals surface area contributed by atoms with Gasteiger partial charge < -0.3 is 9.73 Å². The van der Waals surface area contributed by atoms with Crippen molar-refractivity contribution in [2.45, 2.75) is 37.9 Å². The number of nitrogens with one attached hydrogen (secondary N) is 2. The molecule has 0 saturated heterocycles. The van der Waals surface area contributed by atoms with Crippen LogP contribution in [0.2, 0.25) is 0 Å². The van der Waals surface area contributed by atoms with Gasteiger partial charge >= 0.3 is 0 Å². The van der Waals surface area contributed by atoms with Gasteiger partial charge in [-0.15, -0.1) is 0 Å². The standard InChI is InChI=1S/C19H21BrN4O4S/c1-19(2,3)23-29(26,27)17-8-7-15(28-17)18(25)22-16-9-10-21-24(16)12-13-5-4-6-14(20)11-13/h4-11,23H,12H2,1-3H3,(H,22,25). The fourth-order valence-electron chi connectivity index (χ4n) is 2.59. The molecule has 0 atom stereocenters. The van der Waals surface area contributed by atoms with E-state index >= 15 is 0 Å². The number of benzene rings is 1. The summed E-state index contributed by atoms with van der Waals surface area (Å²) in [6.07, 6.45) is 1.57. The average Bonchev–Trinajstić information content (AvgIpc) is 3.23. The first-order valence-corrected chi connectivity index (χ1v) is 11.0. The third kappa shape index (κ3) is 5.55. The summed E-state index contributed by atoms with van der Waals surface area (Å²) in [5.74, 6) is -0.226. The van der Waals surface area contributed by atoms with Crippen molar-refractivity contribution in [3.63, 3.8) is 0 Å². The number of carbonyl (C=O) groups is 1. The van der Waals surface area contributed by atoms with Crippen LogP contribution in [0.25, 0.3) is 0 Å². The van der Waals surface area contributed by atoms with E-state index in [2.05, 4.69) is 31.1 Å². The van der Waals surface area contributed by atoms with Crippen LogP contribution < -0.4 is 10.0 Å². The lowest BCUT2D eigenvalue weighted by atomic mass is 10.1. The predicted molar refractivity (Wildman–Crippen MR) is 112 cm³/mol. The van der Waals surface area contributed by atoms with E-state index in [1.54, 1.807) is 37.7 Å². The van der Waals surface area contributed by atoms with E-state index in [1.807, 2.05) is 24.3 Å². The molecule has 0 spiro atoms. The Hall–Kier alpha value is -2.43. The van der Waals surface area contributed by atoms with Crippen LogP contribution in [0.5, 0.6) is 0 Å². The van der Waals surface area contributed by atoms with Crippen LogP contribution in [0.1, 0.15) is 36.9 Å². The van der Waals surface area contributed by atoms with Crippen molar-refractivity contribution < 1.29 is 17.6 Å². The molecule has 2 aromatic heterocycles. The van der Waals surface area contributed by atoms with Crippen molar-refractivity contribution in [1.82, 2.24) is 14.5 Å². The lowest BCUT2D eigenvalue weighted by molar-refractivity contribution is 0.0990. The Morgan fingerprint density at radius 3 is 2.66 bits per heavy atom. The number of halogens is 1. The van der Waals surface area contributed by atoms with Gasteiger partial charge in [-0.05, 0) is 50.6 Å². The minimum Gasteiger partial charge on any atom is -0.438 e. The van der Waals surface area contributed by atoms with E-state index in [1.165, 1.54) is 12.1 Å². The molecule has 10 heteroatoms. The molecule has 29 heavy (non-hydrogen) atoms. The topological polar surface area (TPSA) is 106 Å². The summed E-state index contributed by atoms with van der Waals surface area (Å²) in [5.41, 5.74) is 0.325. The van der Waals surface area contributed by atoms with E-state index < -0.39 is 21.5 Å². The molecule has 0 aliphatic carbocycles. The van der Waals surface area contributed by atoms with E-state index in [0.29, 0.717) is 12.4 Å². The molecule has 2 heterocycles. The first-order chi connectivity index (χ1) is 13.5. The molecule has 0 aliphatic rings. The minimum absolute atomic E-state index is 0.116. The highest BCUT2D eigenvalue weighted by Crippen LogP contribution is 2.19. The smallest absolute Gasteiger partial charge is 0.292 e. The molecule has 0 radical (unpaired) electrons. The highest BCUT2D eigenvalue weighted by atomic mass is 79.9. The number of hydrogen-bond donors (Lipinski definition) is 2. The number of hydrogen-bond acceptors (Lipinski definition) is 5. The van der Waals surface area contributed by atoms with Gasteiger partial charge in [0.2, 0.25) is 5.09 Å². The third-order valence-electron chi connectivity index (χ3n) is 3.69. The number of nitrogens with zero attached hydrogens (tertiary/aromatic N) is 2. The minimum atomic E-state index is -3.86. The number of rotatable bonds is 6. The maximum Gasteiger partial charge on any atom is 0.292 e. The van der Waals surface area contributed by atoms with Crippen molar-refractivity contribution in [3.05, 3.63) is 64.5 Å². The van der Waals surface area contributed by atoms with Crippen molar-refractivity contribution in [1.29, 1.82) is 0 Å². The number of furan rings is 1. The third-order valence-corrected chi connectivity index (χ3v) is 5.81. The summed E-state index contributed by atoms with van der Waals surface area (Å²) < 4.78 is 35.0. The Labute approximate surface area is 177 Å². The summed E-state index contributed by atoms with van der Waals surface area (Å²) in [6, 6.07) is 12.0. The number of amides is 1. The molecule has 8 nitrogen and oxygen atoms in total. The lowest BCUT2D eigenvalue weighted by Gasteiger charge is -2.18. The molecule has 2 N–H and O–H groups in total. The monoisotopic (exact) mass is 480 g/mol. The first-order valence-electron chi connectivity index (χ1n) is 8.75. The first kappa shape index (κ1) is 21.3. The van der Waals surface area contributed by atoms with Gasteiger partial charge in [0.05, 0.1) is 12.7 Å². The molecule has 154 valence electrons. The Morgan fingerprint density at radius 1 is 1.21 bits per heavy atom. The summed E-state index contributed by atoms with van der Waals surface area (Å²) in [5, 5.41) is 6.60. The quantitative estimate of drug-likeness (QED) is 0.560. The average molecular weight is 481 g/mol. The van der Waals surface area contributed by atoms with Crippen LogP contribution >= 0.6 is 15.9 Å². The zero-order valence-electron chi connectivity index (χ0n) is 16.1. The number of carbonyl (C=O) groups excluding carboxylic acids is 1. The number of aromatic nitrogens is 2. The fourth-order valence-corrected chi connectivity index (χ4v) is 4.39. The van der Waals surface area contributed by atoms with Gasteiger partial charge in [-0.3, -0.25) is 4.79 Å². The van der Waals surface area contributed by atoms with Gasteiger partial charge in [0, 0.05) is 16.1 Å². The molecular formula is C19H21BrN4O4S. The Kier molecular flexibility index (Phi) is 5.97. The highest BCUT2D eigenvalue weighted by Gasteiger charge is 2.26. The van der Waals surface area contributed by atoms with Crippen molar-refractivity contribution in [2.75, 3.05) is 5.32 Å². The van der Waals surface area contributed by atoms with Crippen molar-refractivity contribution >= 4 is 37.7 Å². The SMILES string of the molecule is CC(C)(C)NS(=O)(=O)c1ccc(C(=O)Nc2ccnn2Cc2cccc(Br)c2)o1. The normalized spacial score (nSPS) is 12.1. The van der Waals surface area contributed by atoms with E-state index in [-0.39, 0.29) is 10.9 Å². The molecule has 1 amide bonds. The molecule has 0 aliphatic heterocycles. The van der Waals surface area contributed by atoms with Crippen LogP contribution in [0, 0.1) is 0 Å². The van der Waals surface area contributed by atoms with E-state index in [0.717, 1.165) is 10.0 Å². The zero-order valence-corrected chi connectivity index (χ0v) is 18.5. The molecular weight excluding hydrogens is 460 g/mol. The maximum absolute atomic E-state index is 12.5. The maximum atomic E-state index is 12.5. The van der Waals surface area contributed by atoms with Gasteiger partial charge in [0.25, 0.3) is 15.9 Å². The van der Waals surface area contributed by atoms with Crippen molar-refractivity contribution in [2.24, 2.45) is 0 Å². The number of anilines is 1. The summed E-state index contributed by atoms with van der Waals surface area (Å²) in [6.45, 7) is 5.60. The van der Waals surface area contributed by atoms with Gasteiger partial charge in [0.1, 0.15) is 5.82 Å². The van der Waals surface area contributed by atoms with Crippen LogP contribution in [-0.4, -0.2) is 29.6 Å². The molecule has 0 fully saturated rings. The van der Waals surface area contributed by atoms with Gasteiger partial charge in [-0.1, -0.05) is 28.1 Å². The molecule has 0 unspecified atom stereocenters. The zero-order chi connectivity index (χ0) is 21.2. The van der Waals surface area contributed by atoms with E-state index in [4.69, 9.17) is 4.42 Å².